The molecule has 0 saturated heterocycles. The highest BCUT2D eigenvalue weighted by molar-refractivity contribution is 5.46. The molecule has 90 valence electrons. The van der Waals surface area contributed by atoms with Gasteiger partial charge in [-0.25, -0.2) is 4.39 Å². The number of hydrogen-bond acceptors (Lipinski definition) is 2. The van der Waals surface area contributed by atoms with E-state index < -0.39 is 0 Å². The molecule has 1 rings (SSSR count). The Hall–Kier alpha value is -1.09. The first-order chi connectivity index (χ1) is 7.41. The predicted molar refractivity (Wildman–Crippen MR) is 66.6 cm³/mol. The summed E-state index contributed by atoms with van der Waals surface area (Å²) in [5.74, 6) is 0.312. The molecular formula is C13H21FN2. The molecule has 0 aliphatic carbocycles. The van der Waals surface area contributed by atoms with E-state index in [1.54, 1.807) is 6.07 Å². The van der Waals surface area contributed by atoms with Crippen molar-refractivity contribution >= 4 is 5.69 Å². The van der Waals surface area contributed by atoms with Gasteiger partial charge in [0.15, 0.2) is 0 Å². The van der Waals surface area contributed by atoms with Gasteiger partial charge in [-0.15, -0.1) is 0 Å². The quantitative estimate of drug-likeness (QED) is 0.797. The lowest BCUT2D eigenvalue weighted by Gasteiger charge is -2.28. The highest BCUT2D eigenvalue weighted by Gasteiger charge is 2.14. The van der Waals surface area contributed by atoms with Gasteiger partial charge in [0.1, 0.15) is 5.82 Å². The Bertz CT molecular complexity index is 350. The molecule has 1 aromatic carbocycles. The van der Waals surface area contributed by atoms with Crippen LogP contribution in [0, 0.1) is 11.7 Å². The van der Waals surface area contributed by atoms with Crippen molar-refractivity contribution in [2.45, 2.75) is 33.4 Å². The summed E-state index contributed by atoms with van der Waals surface area (Å²) in [6, 6.07) is 5.07. The van der Waals surface area contributed by atoms with Crippen LogP contribution in [0.5, 0.6) is 0 Å². The van der Waals surface area contributed by atoms with Crippen LogP contribution in [0.4, 0.5) is 10.1 Å². The third kappa shape index (κ3) is 3.20. The molecule has 1 aromatic rings. The van der Waals surface area contributed by atoms with Gasteiger partial charge in [0.05, 0.1) is 0 Å². The fraction of sp³-hybridized carbons (Fsp3) is 0.538. The number of nitrogen functional groups attached to an aromatic ring is 1. The van der Waals surface area contributed by atoms with Crippen molar-refractivity contribution in [3.05, 3.63) is 29.6 Å². The lowest BCUT2D eigenvalue weighted by molar-refractivity contribution is 0.201. The van der Waals surface area contributed by atoms with E-state index in [-0.39, 0.29) is 5.82 Å². The summed E-state index contributed by atoms with van der Waals surface area (Å²) in [4.78, 5) is 2.23. The Morgan fingerprint density at radius 1 is 1.31 bits per heavy atom. The number of hydrogen-bond donors (Lipinski definition) is 1. The summed E-state index contributed by atoms with van der Waals surface area (Å²) in [6.07, 6.45) is 0. The van der Waals surface area contributed by atoms with Crippen LogP contribution in [0.25, 0.3) is 0 Å². The largest absolute Gasteiger partial charge is 0.398 e. The molecule has 0 bridgehead atoms. The fourth-order valence-electron chi connectivity index (χ4n) is 1.63. The number of anilines is 1. The van der Waals surface area contributed by atoms with Gasteiger partial charge in [0, 0.05) is 18.3 Å². The van der Waals surface area contributed by atoms with Crippen molar-refractivity contribution < 1.29 is 4.39 Å². The monoisotopic (exact) mass is 224 g/mol. The van der Waals surface area contributed by atoms with Gasteiger partial charge in [-0.1, -0.05) is 19.9 Å². The second kappa shape index (κ2) is 5.30. The molecule has 0 aromatic heterocycles. The van der Waals surface area contributed by atoms with Crippen LogP contribution in [-0.2, 0) is 6.54 Å². The molecule has 1 atom stereocenters. The van der Waals surface area contributed by atoms with Crippen molar-refractivity contribution in [2.75, 3.05) is 12.8 Å². The molecular weight excluding hydrogens is 203 g/mol. The Kier molecular flexibility index (Phi) is 4.30. The highest BCUT2D eigenvalue weighted by atomic mass is 19.1. The lowest BCUT2D eigenvalue weighted by Crippen LogP contribution is -2.32. The van der Waals surface area contributed by atoms with E-state index in [0.29, 0.717) is 17.6 Å². The molecule has 2 nitrogen and oxygen atoms in total. The fourth-order valence-corrected chi connectivity index (χ4v) is 1.63. The predicted octanol–water partition coefficient (Wildman–Crippen LogP) is 2.88. The van der Waals surface area contributed by atoms with E-state index in [0.717, 1.165) is 12.1 Å². The van der Waals surface area contributed by atoms with Crippen LogP contribution in [0.3, 0.4) is 0 Å². The average molecular weight is 224 g/mol. The van der Waals surface area contributed by atoms with E-state index in [4.69, 9.17) is 5.73 Å². The third-order valence-corrected chi connectivity index (χ3v) is 3.19. The number of benzene rings is 1. The van der Waals surface area contributed by atoms with Gasteiger partial charge in [-0.05, 0) is 37.6 Å². The van der Waals surface area contributed by atoms with Crippen LogP contribution < -0.4 is 5.73 Å². The Labute approximate surface area is 97.3 Å². The summed E-state index contributed by atoms with van der Waals surface area (Å²) in [5.41, 5.74) is 7.29. The summed E-state index contributed by atoms with van der Waals surface area (Å²) in [6.45, 7) is 7.32. The molecule has 0 spiro atoms. The van der Waals surface area contributed by atoms with Crippen molar-refractivity contribution in [2.24, 2.45) is 5.92 Å². The summed E-state index contributed by atoms with van der Waals surface area (Å²) in [7, 11) is 2.06. The zero-order valence-electron chi connectivity index (χ0n) is 10.5. The van der Waals surface area contributed by atoms with E-state index in [2.05, 4.69) is 32.7 Å². The van der Waals surface area contributed by atoms with Gasteiger partial charge in [0.25, 0.3) is 0 Å². The summed E-state index contributed by atoms with van der Waals surface area (Å²) in [5, 5.41) is 0. The maximum atomic E-state index is 12.9. The Morgan fingerprint density at radius 2 is 1.94 bits per heavy atom. The van der Waals surface area contributed by atoms with Crippen molar-refractivity contribution in [3.8, 4) is 0 Å². The van der Waals surface area contributed by atoms with Gasteiger partial charge >= 0.3 is 0 Å². The second-order valence-electron chi connectivity index (χ2n) is 4.74. The molecule has 16 heavy (non-hydrogen) atoms. The molecule has 3 heteroatoms. The lowest BCUT2D eigenvalue weighted by atomic mass is 10.0. The smallest absolute Gasteiger partial charge is 0.125 e. The van der Waals surface area contributed by atoms with Crippen molar-refractivity contribution in [1.29, 1.82) is 0 Å². The van der Waals surface area contributed by atoms with Crippen molar-refractivity contribution in [3.63, 3.8) is 0 Å². The van der Waals surface area contributed by atoms with Crippen LogP contribution in [-0.4, -0.2) is 18.0 Å². The summed E-state index contributed by atoms with van der Waals surface area (Å²) < 4.78 is 12.9. The molecule has 0 radical (unpaired) electrons. The molecule has 0 aliphatic heterocycles. The van der Waals surface area contributed by atoms with Crippen LogP contribution in [0.15, 0.2) is 18.2 Å². The normalized spacial score (nSPS) is 13.4. The van der Waals surface area contributed by atoms with Crippen molar-refractivity contribution in [1.82, 2.24) is 4.90 Å². The number of halogens is 1. The average Bonchev–Trinajstić information content (AvgIpc) is 2.20. The highest BCUT2D eigenvalue weighted by Crippen LogP contribution is 2.18. The van der Waals surface area contributed by atoms with Gasteiger partial charge in [-0.2, -0.15) is 0 Å². The molecule has 0 fully saturated rings. The Morgan fingerprint density at radius 3 is 2.44 bits per heavy atom. The van der Waals surface area contributed by atoms with E-state index in [1.807, 2.05) is 0 Å². The van der Waals surface area contributed by atoms with E-state index in [9.17, 15) is 4.39 Å². The third-order valence-electron chi connectivity index (χ3n) is 3.19. The Balaban J connectivity index is 2.73. The number of rotatable bonds is 4. The first-order valence-corrected chi connectivity index (χ1v) is 5.66. The molecule has 2 N–H and O–H groups in total. The van der Waals surface area contributed by atoms with E-state index in [1.165, 1.54) is 12.1 Å². The minimum Gasteiger partial charge on any atom is -0.398 e. The van der Waals surface area contributed by atoms with Crippen LogP contribution in [0.1, 0.15) is 26.3 Å². The zero-order valence-corrected chi connectivity index (χ0v) is 10.5. The maximum absolute atomic E-state index is 12.9. The molecule has 1 unspecified atom stereocenters. The minimum absolute atomic E-state index is 0.277. The SMILES string of the molecule is CC(C)C(C)N(C)Cc1ccc(F)cc1N. The summed E-state index contributed by atoms with van der Waals surface area (Å²) >= 11 is 0. The minimum atomic E-state index is -0.277. The van der Waals surface area contributed by atoms with Gasteiger partial charge in [-0.3, -0.25) is 4.90 Å². The van der Waals surface area contributed by atoms with Crippen LogP contribution in [0.2, 0.25) is 0 Å². The van der Waals surface area contributed by atoms with Crippen LogP contribution >= 0.6 is 0 Å². The molecule has 0 saturated carbocycles. The second-order valence-corrected chi connectivity index (χ2v) is 4.74. The van der Waals surface area contributed by atoms with E-state index >= 15 is 0 Å². The maximum Gasteiger partial charge on any atom is 0.125 e. The first-order valence-electron chi connectivity index (χ1n) is 5.66. The molecule has 0 aliphatic rings. The molecule has 0 heterocycles. The number of nitrogens with zero attached hydrogens (tertiary/aromatic N) is 1. The standard InChI is InChI=1S/C13H21FN2/c1-9(2)10(3)16(4)8-11-5-6-12(14)7-13(11)15/h5-7,9-10H,8,15H2,1-4H3. The van der Waals surface area contributed by atoms with Gasteiger partial charge < -0.3 is 5.73 Å². The number of nitrogens with two attached hydrogens (primary N) is 1. The first kappa shape index (κ1) is 13.0. The molecule has 0 amide bonds. The van der Waals surface area contributed by atoms with Gasteiger partial charge in [0.2, 0.25) is 0 Å². The topological polar surface area (TPSA) is 29.3 Å². The zero-order chi connectivity index (χ0) is 12.3.